The van der Waals surface area contributed by atoms with Crippen LogP contribution in [0, 0.1) is 0 Å². The van der Waals surface area contributed by atoms with Crippen LogP contribution in [0.5, 0.6) is 0 Å². The molecule has 0 aromatic carbocycles. The predicted octanol–water partition coefficient (Wildman–Crippen LogP) is -1.28. The third-order valence-electron chi connectivity index (χ3n) is 2.50. The summed E-state index contributed by atoms with van der Waals surface area (Å²) < 4.78 is 0. The third-order valence-corrected chi connectivity index (χ3v) is 4.97. The van der Waals surface area contributed by atoms with Crippen molar-refractivity contribution in [2.75, 3.05) is 18.1 Å². The van der Waals surface area contributed by atoms with E-state index in [0.717, 1.165) is 12.8 Å². The van der Waals surface area contributed by atoms with Gasteiger partial charge >= 0.3 is 17.9 Å². The lowest BCUT2D eigenvalue weighted by atomic mass is 10.1. The molecule has 0 aromatic heterocycles. The van der Waals surface area contributed by atoms with Gasteiger partial charge in [-0.3, -0.25) is 14.4 Å². The van der Waals surface area contributed by atoms with Gasteiger partial charge in [0.05, 0.1) is 0 Å². The van der Waals surface area contributed by atoms with Crippen molar-refractivity contribution < 1.29 is 29.7 Å². The topological polar surface area (TPSA) is 216 Å². The monoisotopic (exact) mass is 386 g/mol. The molecule has 0 saturated carbocycles. The minimum Gasteiger partial charge on any atom is -0.480 e. The van der Waals surface area contributed by atoms with E-state index < -0.39 is 36.0 Å². The van der Waals surface area contributed by atoms with Crippen molar-refractivity contribution in [1.29, 1.82) is 0 Å². The van der Waals surface area contributed by atoms with E-state index in [1.807, 2.05) is 0 Å². The number of rotatable bonds is 12. The van der Waals surface area contributed by atoms with Crippen LogP contribution < -0.4 is 22.9 Å². The highest BCUT2D eigenvalue weighted by atomic mass is 33.1. The van der Waals surface area contributed by atoms with E-state index in [4.69, 9.17) is 38.3 Å². The van der Waals surface area contributed by atoms with Crippen LogP contribution in [0.25, 0.3) is 0 Å². The zero-order chi connectivity index (χ0) is 19.1. The maximum Gasteiger partial charge on any atom is 0.321 e. The smallest absolute Gasteiger partial charge is 0.321 e. The standard InChI is InChI=1S/C6H12N2O4S2.C6H14N2O2/c7-3(5(9)10)1-13-14-2-4(8)6(11)12;7-4-2-1-3-5(8)6(9)10/h3-4H,1-2,7-8H2,(H,9,10)(H,11,12);5H,1-4,7-8H2,(H,9,10)/t3-,4?;5-/m00/s1. The molecular weight excluding hydrogens is 360 g/mol. The van der Waals surface area contributed by atoms with E-state index in [0.29, 0.717) is 13.0 Å². The van der Waals surface area contributed by atoms with E-state index in [1.54, 1.807) is 0 Å². The number of aliphatic carboxylic acids is 3. The maximum absolute atomic E-state index is 10.3. The first-order valence-corrected chi connectivity index (χ1v) is 9.51. The molecule has 0 heterocycles. The first kappa shape index (κ1) is 25.2. The van der Waals surface area contributed by atoms with Crippen LogP contribution >= 0.6 is 21.6 Å². The molecule has 0 aliphatic heterocycles. The number of carboxylic acids is 3. The lowest BCUT2D eigenvalue weighted by molar-refractivity contribution is -0.139. The maximum atomic E-state index is 10.3. The van der Waals surface area contributed by atoms with Gasteiger partial charge in [0, 0.05) is 11.5 Å². The summed E-state index contributed by atoms with van der Waals surface area (Å²) in [4.78, 5) is 30.7. The molecule has 0 radical (unpaired) electrons. The molecule has 0 aromatic rings. The van der Waals surface area contributed by atoms with Gasteiger partial charge in [0.15, 0.2) is 0 Å². The Balaban J connectivity index is 0. The highest BCUT2D eigenvalue weighted by molar-refractivity contribution is 8.76. The summed E-state index contributed by atoms with van der Waals surface area (Å²) in [6, 6.07) is -2.56. The largest absolute Gasteiger partial charge is 0.480 e. The van der Waals surface area contributed by atoms with Crippen LogP contribution in [0.15, 0.2) is 0 Å². The van der Waals surface area contributed by atoms with Crippen molar-refractivity contribution in [3.05, 3.63) is 0 Å². The van der Waals surface area contributed by atoms with Crippen molar-refractivity contribution in [2.24, 2.45) is 22.9 Å². The lowest BCUT2D eigenvalue weighted by Gasteiger charge is -2.07. The molecule has 3 atom stereocenters. The molecule has 12 heteroatoms. The molecule has 24 heavy (non-hydrogen) atoms. The number of carboxylic acid groups (broad SMARTS) is 3. The average Bonchev–Trinajstić information content (AvgIpc) is 2.51. The average molecular weight is 386 g/mol. The highest BCUT2D eigenvalue weighted by Crippen LogP contribution is 2.22. The van der Waals surface area contributed by atoms with E-state index >= 15 is 0 Å². The van der Waals surface area contributed by atoms with Crippen LogP contribution in [0.1, 0.15) is 19.3 Å². The minimum absolute atomic E-state index is 0.229. The second kappa shape index (κ2) is 15.5. The molecule has 1 unspecified atom stereocenters. The molecular formula is C12H26N4O6S2. The van der Waals surface area contributed by atoms with Crippen molar-refractivity contribution in [2.45, 2.75) is 37.4 Å². The molecule has 0 rings (SSSR count). The Bertz CT molecular complexity index is 367. The van der Waals surface area contributed by atoms with Crippen molar-refractivity contribution in [1.82, 2.24) is 0 Å². The summed E-state index contributed by atoms with van der Waals surface area (Å²) >= 11 is 0. The van der Waals surface area contributed by atoms with Gasteiger partial charge in [-0.1, -0.05) is 28.0 Å². The Hall–Kier alpha value is -1.05. The van der Waals surface area contributed by atoms with Crippen molar-refractivity contribution in [3.63, 3.8) is 0 Å². The van der Waals surface area contributed by atoms with Crippen LogP contribution in [-0.2, 0) is 14.4 Å². The van der Waals surface area contributed by atoms with Gasteiger partial charge < -0.3 is 38.3 Å². The Morgan fingerprint density at radius 1 is 0.750 bits per heavy atom. The molecule has 0 amide bonds. The number of unbranched alkanes of at least 4 members (excludes halogenated alkanes) is 1. The summed E-state index contributed by atoms with van der Waals surface area (Å²) in [7, 11) is 2.41. The van der Waals surface area contributed by atoms with Gasteiger partial charge in [0.1, 0.15) is 18.1 Å². The van der Waals surface area contributed by atoms with Gasteiger partial charge in [0.25, 0.3) is 0 Å². The molecule has 0 bridgehead atoms. The first-order valence-electron chi connectivity index (χ1n) is 7.03. The Kier molecular flexibility index (Phi) is 16.2. The second-order valence-electron chi connectivity index (χ2n) is 4.69. The molecule has 0 aliphatic rings. The van der Waals surface area contributed by atoms with Gasteiger partial charge in [-0.25, -0.2) is 0 Å². The fourth-order valence-corrected chi connectivity index (χ4v) is 3.25. The normalized spacial score (nSPS) is 14.0. The second-order valence-corrected chi connectivity index (χ2v) is 7.24. The number of carbonyl (C=O) groups is 3. The van der Waals surface area contributed by atoms with E-state index in [1.165, 1.54) is 21.6 Å². The van der Waals surface area contributed by atoms with Crippen molar-refractivity contribution >= 4 is 39.5 Å². The van der Waals surface area contributed by atoms with Gasteiger partial charge in [-0.15, -0.1) is 0 Å². The number of nitrogens with two attached hydrogens (primary N) is 4. The molecule has 0 saturated heterocycles. The Morgan fingerprint density at radius 2 is 1.12 bits per heavy atom. The van der Waals surface area contributed by atoms with Crippen LogP contribution in [0.4, 0.5) is 0 Å². The van der Waals surface area contributed by atoms with E-state index in [-0.39, 0.29) is 11.5 Å². The zero-order valence-corrected chi connectivity index (χ0v) is 14.8. The van der Waals surface area contributed by atoms with Gasteiger partial charge in [-0.2, -0.15) is 0 Å². The van der Waals surface area contributed by atoms with Crippen molar-refractivity contribution in [3.8, 4) is 0 Å². The molecule has 0 fully saturated rings. The zero-order valence-electron chi connectivity index (χ0n) is 13.2. The third kappa shape index (κ3) is 15.8. The Labute approximate surface area is 148 Å². The summed E-state index contributed by atoms with van der Waals surface area (Å²) in [5, 5.41) is 25.1. The number of hydrogen-bond donors (Lipinski definition) is 7. The van der Waals surface area contributed by atoms with Gasteiger partial charge in [-0.05, 0) is 19.4 Å². The lowest BCUT2D eigenvalue weighted by Crippen LogP contribution is -2.33. The minimum atomic E-state index is -1.07. The quantitative estimate of drug-likeness (QED) is 0.154. The fourth-order valence-electron chi connectivity index (χ4n) is 1.02. The van der Waals surface area contributed by atoms with Crippen LogP contribution in [-0.4, -0.2) is 69.4 Å². The summed E-state index contributed by atoms with van der Waals surface area (Å²) in [5.74, 6) is -2.61. The summed E-state index contributed by atoms with van der Waals surface area (Å²) in [6.07, 6.45) is 2.16. The molecule has 0 aliphatic carbocycles. The van der Waals surface area contributed by atoms with Gasteiger partial charge in [0.2, 0.25) is 0 Å². The molecule has 0 spiro atoms. The predicted molar refractivity (Wildman–Crippen MR) is 94.7 cm³/mol. The van der Waals surface area contributed by atoms with E-state index in [2.05, 4.69) is 0 Å². The summed E-state index contributed by atoms with van der Waals surface area (Å²) in [5.41, 5.74) is 20.8. The molecule has 10 nitrogen and oxygen atoms in total. The van der Waals surface area contributed by atoms with Crippen LogP contribution in [0.3, 0.4) is 0 Å². The fraction of sp³-hybridized carbons (Fsp3) is 0.750. The summed E-state index contributed by atoms with van der Waals surface area (Å²) in [6.45, 7) is 0.604. The number of hydrogen-bond acceptors (Lipinski definition) is 9. The highest BCUT2D eigenvalue weighted by Gasteiger charge is 2.14. The molecule has 11 N–H and O–H groups in total. The molecule has 142 valence electrons. The first-order chi connectivity index (χ1) is 11.1. The van der Waals surface area contributed by atoms with E-state index in [9.17, 15) is 14.4 Å². The Morgan fingerprint density at radius 3 is 1.42 bits per heavy atom. The van der Waals surface area contributed by atoms with Crippen LogP contribution in [0.2, 0.25) is 0 Å². The SMILES string of the molecule is NC(CSSC[C@H](N)C(=O)O)C(=O)O.NCCCC[C@H](N)C(=O)O.